The molecule has 2 rings (SSSR count). The van der Waals surface area contributed by atoms with Crippen LogP contribution in [0.25, 0.3) is 10.9 Å². The SMILES string of the molecule is CCC(C)(C)Nc1ccc([N+](=O)[O-])c2cccnc12. The first-order chi connectivity index (χ1) is 8.94. The van der Waals surface area contributed by atoms with E-state index in [0.29, 0.717) is 10.9 Å². The summed E-state index contributed by atoms with van der Waals surface area (Å²) in [6.07, 6.45) is 2.59. The Hall–Kier alpha value is -2.17. The van der Waals surface area contributed by atoms with Crippen molar-refractivity contribution in [3.05, 3.63) is 40.6 Å². The average Bonchev–Trinajstić information content (AvgIpc) is 2.38. The molecule has 1 aromatic heterocycles. The van der Waals surface area contributed by atoms with Crippen molar-refractivity contribution < 1.29 is 4.92 Å². The van der Waals surface area contributed by atoms with E-state index in [4.69, 9.17) is 0 Å². The highest BCUT2D eigenvalue weighted by atomic mass is 16.6. The first-order valence-electron chi connectivity index (χ1n) is 6.25. The van der Waals surface area contributed by atoms with Gasteiger partial charge in [-0.05, 0) is 38.5 Å². The molecule has 1 heterocycles. The zero-order valence-corrected chi connectivity index (χ0v) is 11.3. The summed E-state index contributed by atoms with van der Waals surface area (Å²) in [5, 5.41) is 15.0. The van der Waals surface area contributed by atoms with Crippen LogP contribution < -0.4 is 5.32 Å². The standard InChI is InChI=1S/C14H17N3O2/c1-4-14(2,3)16-11-7-8-12(17(18)19)10-6-5-9-15-13(10)11/h5-9,16H,4H2,1-3H3. The summed E-state index contributed by atoms with van der Waals surface area (Å²) >= 11 is 0. The molecule has 1 N–H and O–H groups in total. The maximum absolute atomic E-state index is 11.0. The second-order valence-electron chi connectivity index (χ2n) is 5.15. The second-order valence-corrected chi connectivity index (χ2v) is 5.15. The minimum atomic E-state index is -0.376. The van der Waals surface area contributed by atoms with Crippen molar-refractivity contribution in [1.82, 2.24) is 4.98 Å². The van der Waals surface area contributed by atoms with E-state index in [1.807, 2.05) is 0 Å². The molecule has 2 aromatic rings. The average molecular weight is 259 g/mol. The third-order valence-corrected chi connectivity index (χ3v) is 3.30. The van der Waals surface area contributed by atoms with Gasteiger partial charge in [0.05, 0.1) is 16.0 Å². The summed E-state index contributed by atoms with van der Waals surface area (Å²) < 4.78 is 0. The van der Waals surface area contributed by atoms with E-state index >= 15 is 0 Å². The van der Waals surface area contributed by atoms with Crippen LogP contribution in [0, 0.1) is 10.1 Å². The predicted octanol–water partition coefficient (Wildman–Crippen LogP) is 3.74. The van der Waals surface area contributed by atoms with E-state index < -0.39 is 0 Å². The maximum atomic E-state index is 11.0. The van der Waals surface area contributed by atoms with Crippen LogP contribution in [0.1, 0.15) is 27.2 Å². The van der Waals surface area contributed by atoms with Gasteiger partial charge in [0.25, 0.3) is 5.69 Å². The van der Waals surface area contributed by atoms with E-state index in [-0.39, 0.29) is 16.1 Å². The molecule has 0 aliphatic heterocycles. The lowest BCUT2D eigenvalue weighted by atomic mass is 10.0. The van der Waals surface area contributed by atoms with Crippen LogP contribution in [0.3, 0.4) is 0 Å². The summed E-state index contributed by atoms with van der Waals surface area (Å²) in [7, 11) is 0. The fraction of sp³-hybridized carbons (Fsp3) is 0.357. The predicted molar refractivity (Wildman–Crippen MR) is 76.4 cm³/mol. The Balaban J connectivity index is 2.59. The quantitative estimate of drug-likeness (QED) is 0.670. The molecule has 0 saturated carbocycles. The number of hydrogen-bond acceptors (Lipinski definition) is 4. The minimum Gasteiger partial charge on any atom is -0.378 e. The number of nitro benzene ring substituents is 1. The molecule has 0 aliphatic rings. The van der Waals surface area contributed by atoms with Gasteiger partial charge in [-0.15, -0.1) is 0 Å². The van der Waals surface area contributed by atoms with Gasteiger partial charge in [-0.3, -0.25) is 15.1 Å². The molecule has 0 radical (unpaired) electrons. The number of rotatable bonds is 4. The molecular formula is C14H17N3O2. The molecule has 0 saturated heterocycles. The van der Waals surface area contributed by atoms with Crippen LogP contribution in [0.4, 0.5) is 11.4 Å². The smallest absolute Gasteiger partial charge is 0.278 e. The molecule has 0 spiro atoms. The highest BCUT2D eigenvalue weighted by Gasteiger charge is 2.19. The van der Waals surface area contributed by atoms with E-state index in [1.54, 1.807) is 24.4 Å². The molecular weight excluding hydrogens is 242 g/mol. The molecule has 0 amide bonds. The lowest BCUT2D eigenvalue weighted by Gasteiger charge is -2.26. The highest BCUT2D eigenvalue weighted by Crippen LogP contribution is 2.31. The van der Waals surface area contributed by atoms with Crippen molar-refractivity contribution >= 4 is 22.3 Å². The number of anilines is 1. The third kappa shape index (κ3) is 2.65. The Kier molecular flexibility index (Phi) is 3.38. The Morgan fingerprint density at radius 2 is 2.11 bits per heavy atom. The number of nitrogens with zero attached hydrogens (tertiary/aromatic N) is 2. The van der Waals surface area contributed by atoms with Crippen LogP contribution >= 0.6 is 0 Å². The lowest BCUT2D eigenvalue weighted by Crippen LogP contribution is -2.29. The van der Waals surface area contributed by atoms with E-state index in [9.17, 15) is 10.1 Å². The summed E-state index contributed by atoms with van der Waals surface area (Å²) in [5.41, 5.74) is 1.47. The number of fused-ring (bicyclic) bond motifs is 1. The topological polar surface area (TPSA) is 68.1 Å². The number of benzene rings is 1. The first kappa shape index (κ1) is 13.3. The van der Waals surface area contributed by atoms with Gasteiger partial charge in [-0.25, -0.2) is 0 Å². The highest BCUT2D eigenvalue weighted by molar-refractivity contribution is 5.96. The van der Waals surface area contributed by atoms with Gasteiger partial charge in [0, 0.05) is 17.8 Å². The van der Waals surface area contributed by atoms with E-state index in [1.165, 1.54) is 6.07 Å². The van der Waals surface area contributed by atoms with Crippen molar-refractivity contribution in [1.29, 1.82) is 0 Å². The van der Waals surface area contributed by atoms with Crippen molar-refractivity contribution in [2.75, 3.05) is 5.32 Å². The van der Waals surface area contributed by atoms with E-state index in [2.05, 4.69) is 31.1 Å². The Morgan fingerprint density at radius 3 is 2.74 bits per heavy atom. The molecule has 0 atom stereocenters. The van der Waals surface area contributed by atoms with Crippen molar-refractivity contribution in [2.45, 2.75) is 32.7 Å². The van der Waals surface area contributed by atoms with Crippen LogP contribution in [0.2, 0.25) is 0 Å². The Morgan fingerprint density at radius 1 is 1.37 bits per heavy atom. The van der Waals surface area contributed by atoms with Gasteiger partial charge in [0.15, 0.2) is 0 Å². The molecule has 0 bridgehead atoms. The van der Waals surface area contributed by atoms with E-state index in [0.717, 1.165) is 12.1 Å². The van der Waals surface area contributed by atoms with Crippen LogP contribution in [0.5, 0.6) is 0 Å². The van der Waals surface area contributed by atoms with Gasteiger partial charge in [-0.2, -0.15) is 0 Å². The maximum Gasteiger partial charge on any atom is 0.278 e. The monoisotopic (exact) mass is 259 g/mol. The molecule has 0 fully saturated rings. The summed E-state index contributed by atoms with van der Waals surface area (Å²) in [6, 6.07) is 6.69. The number of aromatic nitrogens is 1. The fourth-order valence-electron chi connectivity index (χ4n) is 1.87. The number of pyridine rings is 1. The largest absolute Gasteiger partial charge is 0.378 e. The number of hydrogen-bond donors (Lipinski definition) is 1. The summed E-state index contributed by atoms with van der Waals surface area (Å²) in [4.78, 5) is 14.9. The zero-order valence-electron chi connectivity index (χ0n) is 11.3. The molecule has 0 unspecified atom stereocenters. The summed E-state index contributed by atoms with van der Waals surface area (Å²) in [6.45, 7) is 6.26. The van der Waals surface area contributed by atoms with Crippen LogP contribution in [0.15, 0.2) is 30.5 Å². The van der Waals surface area contributed by atoms with Crippen molar-refractivity contribution in [2.24, 2.45) is 0 Å². The zero-order chi connectivity index (χ0) is 14.0. The molecule has 5 nitrogen and oxygen atoms in total. The Bertz CT molecular complexity index is 623. The number of nitrogens with one attached hydrogen (secondary N) is 1. The van der Waals surface area contributed by atoms with Crippen LogP contribution in [-0.4, -0.2) is 15.4 Å². The lowest BCUT2D eigenvalue weighted by molar-refractivity contribution is -0.383. The number of non-ortho nitro benzene ring substituents is 1. The van der Waals surface area contributed by atoms with Gasteiger partial charge in [0.1, 0.15) is 5.52 Å². The molecule has 5 heteroatoms. The van der Waals surface area contributed by atoms with Crippen molar-refractivity contribution in [3.63, 3.8) is 0 Å². The fourth-order valence-corrected chi connectivity index (χ4v) is 1.87. The number of nitro groups is 1. The third-order valence-electron chi connectivity index (χ3n) is 3.30. The van der Waals surface area contributed by atoms with Gasteiger partial charge in [-0.1, -0.05) is 6.92 Å². The first-order valence-corrected chi connectivity index (χ1v) is 6.25. The molecule has 19 heavy (non-hydrogen) atoms. The molecule has 1 aromatic carbocycles. The van der Waals surface area contributed by atoms with Gasteiger partial charge >= 0.3 is 0 Å². The Labute approximate surface area is 111 Å². The summed E-state index contributed by atoms with van der Waals surface area (Å²) in [5.74, 6) is 0. The van der Waals surface area contributed by atoms with Gasteiger partial charge in [0.2, 0.25) is 0 Å². The van der Waals surface area contributed by atoms with Crippen LogP contribution in [-0.2, 0) is 0 Å². The van der Waals surface area contributed by atoms with Gasteiger partial charge < -0.3 is 5.32 Å². The normalized spacial score (nSPS) is 11.5. The molecule has 100 valence electrons. The second kappa shape index (κ2) is 4.84. The van der Waals surface area contributed by atoms with Crippen molar-refractivity contribution in [3.8, 4) is 0 Å². The minimum absolute atomic E-state index is 0.0828. The molecule has 0 aliphatic carbocycles.